The number of nitrogens with one attached hydrogen (secondary N) is 2. The van der Waals surface area contributed by atoms with Gasteiger partial charge in [0.15, 0.2) is 5.65 Å². The first kappa shape index (κ1) is 19.9. The predicted octanol–water partition coefficient (Wildman–Crippen LogP) is 2.95. The van der Waals surface area contributed by atoms with Crippen molar-refractivity contribution < 1.29 is 23.0 Å². The summed E-state index contributed by atoms with van der Waals surface area (Å²) in [5.41, 5.74) is 1.34. The van der Waals surface area contributed by atoms with Gasteiger partial charge in [0, 0.05) is 13.2 Å². The van der Waals surface area contributed by atoms with E-state index in [0.29, 0.717) is 17.0 Å². The highest BCUT2D eigenvalue weighted by atomic mass is 19.3. The molecular formula is C17H15F2N7O3. The minimum atomic E-state index is -3.12. The van der Waals surface area contributed by atoms with Crippen LogP contribution in [0.15, 0.2) is 30.7 Å². The number of anilines is 2. The van der Waals surface area contributed by atoms with Crippen LogP contribution in [-0.2, 0) is 4.74 Å². The predicted molar refractivity (Wildman–Crippen MR) is 96.6 cm³/mol. The van der Waals surface area contributed by atoms with E-state index < -0.39 is 24.6 Å². The molecule has 3 aromatic rings. The van der Waals surface area contributed by atoms with Gasteiger partial charge in [-0.3, -0.25) is 0 Å². The average molecular weight is 403 g/mol. The van der Waals surface area contributed by atoms with Gasteiger partial charge < -0.3 is 20.1 Å². The van der Waals surface area contributed by atoms with Gasteiger partial charge in [0.25, 0.3) is 0 Å². The number of methoxy groups -OCH3 is 1. The maximum Gasteiger partial charge on any atom is 0.388 e. The van der Waals surface area contributed by atoms with Crippen molar-refractivity contribution in [1.29, 1.82) is 5.26 Å². The summed E-state index contributed by atoms with van der Waals surface area (Å²) >= 11 is 0. The van der Waals surface area contributed by atoms with E-state index in [0.717, 1.165) is 12.3 Å². The van der Waals surface area contributed by atoms with Gasteiger partial charge in [-0.2, -0.15) is 19.1 Å². The van der Waals surface area contributed by atoms with Crippen molar-refractivity contribution >= 4 is 23.1 Å². The highest BCUT2D eigenvalue weighted by Gasteiger charge is 2.18. The van der Waals surface area contributed by atoms with E-state index in [1.165, 1.54) is 17.8 Å². The second kappa shape index (κ2) is 8.44. The molecule has 0 aliphatic carbocycles. The minimum absolute atomic E-state index is 0.107. The Bertz CT molecular complexity index is 1080. The standard InChI is InChI=1S/C17H15F2N7O3/c1-9(28-2)14-12(8-21-13-3-4-23-26(13)14)25-17(27)24-11-5-10(6-20)15(22-7-11)29-16(18)19/h3-5,7-9,16H,1-2H3,(H2,24,25,27). The van der Waals surface area contributed by atoms with Gasteiger partial charge in [0.2, 0.25) is 5.88 Å². The molecule has 3 rings (SSSR count). The number of pyridine rings is 1. The number of alkyl halides is 2. The van der Waals surface area contributed by atoms with Gasteiger partial charge in [-0.05, 0) is 13.0 Å². The second-order valence-electron chi connectivity index (χ2n) is 5.68. The summed E-state index contributed by atoms with van der Waals surface area (Å²) in [6.07, 6.45) is 3.70. The molecule has 0 aliphatic rings. The molecule has 0 radical (unpaired) electrons. The fraction of sp³-hybridized carbons (Fsp3) is 0.235. The van der Waals surface area contributed by atoms with Crippen LogP contribution in [0.1, 0.15) is 24.3 Å². The Hall–Kier alpha value is -3.85. The molecule has 0 bridgehead atoms. The minimum Gasteiger partial charge on any atom is -0.415 e. The Labute approximate surface area is 163 Å². The quantitative estimate of drug-likeness (QED) is 0.648. The smallest absolute Gasteiger partial charge is 0.388 e. The molecular weight excluding hydrogens is 388 g/mol. The number of aromatic nitrogens is 4. The number of urea groups is 1. The molecule has 0 fully saturated rings. The molecule has 150 valence electrons. The molecule has 0 spiro atoms. The van der Waals surface area contributed by atoms with E-state index in [9.17, 15) is 13.6 Å². The van der Waals surface area contributed by atoms with Crippen molar-refractivity contribution in [3.8, 4) is 11.9 Å². The van der Waals surface area contributed by atoms with Gasteiger partial charge in [-0.25, -0.2) is 19.3 Å². The first-order valence-corrected chi connectivity index (χ1v) is 8.21. The van der Waals surface area contributed by atoms with Crippen LogP contribution in [0, 0.1) is 11.3 Å². The number of carbonyl (C=O) groups excluding carboxylic acids is 1. The fourth-order valence-electron chi connectivity index (χ4n) is 2.55. The number of ether oxygens (including phenoxy) is 2. The number of nitrogens with zero attached hydrogens (tertiary/aromatic N) is 5. The summed E-state index contributed by atoms with van der Waals surface area (Å²) in [5, 5.41) is 18.3. The SMILES string of the molecule is COC(C)c1c(NC(=O)Nc2cnc(OC(F)F)c(C#N)c2)cnc2ccnn12. The number of carbonyl (C=O) groups is 1. The number of amides is 2. The van der Waals surface area contributed by atoms with Crippen LogP contribution >= 0.6 is 0 Å². The van der Waals surface area contributed by atoms with Crippen LogP contribution in [0.2, 0.25) is 0 Å². The van der Waals surface area contributed by atoms with E-state index in [-0.39, 0.29) is 11.3 Å². The van der Waals surface area contributed by atoms with Crippen molar-refractivity contribution in [2.75, 3.05) is 17.7 Å². The highest BCUT2D eigenvalue weighted by molar-refractivity contribution is 6.00. The van der Waals surface area contributed by atoms with Crippen molar-refractivity contribution in [2.24, 2.45) is 0 Å². The average Bonchev–Trinajstić information content (AvgIpc) is 3.16. The second-order valence-corrected chi connectivity index (χ2v) is 5.68. The zero-order valence-electron chi connectivity index (χ0n) is 15.3. The first-order chi connectivity index (χ1) is 13.9. The van der Waals surface area contributed by atoms with Gasteiger partial charge in [-0.15, -0.1) is 0 Å². The molecule has 3 aromatic heterocycles. The molecule has 1 atom stereocenters. The number of rotatable bonds is 6. The van der Waals surface area contributed by atoms with Crippen LogP contribution in [-0.4, -0.2) is 39.3 Å². The van der Waals surface area contributed by atoms with Gasteiger partial charge >= 0.3 is 12.6 Å². The normalized spacial score (nSPS) is 11.9. The largest absolute Gasteiger partial charge is 0.415 e. The lowest BCUT2D eigenvalue weighted by atomic mass is 10.2. The van der Waals surface area contributed by atoms with Crippen LogP contribution in [0.5, 0.6) is 5.88 Å². The number of fused-ring (bicyclic) bond motifs is 1. The Morgan fingerprint density at radius 2 is 2.10 bits per heavy atom. The maximum atomic E-state index is 12.4. The third-order valence-electron chi connectivity index (χ3n) is 3.87. The zero-order chi connectivity index (χ0) is 21.0. The van der Waals surface area contributed by atoms with Crippen molar-refractivity contribution in [3.05, 3.63) is 42.0 Å². The van der Waals surface area contributed by atoms with Crippen LogP contribution in [0.4, 0.5) is 25.0 Å². The highest BCUT2D eigenvalue weighted by Crippen LogP contribution is 2.25. The molecule has 10 nitrogen and oxygen atoms in total. The summed E-state index contributed by atoms with van der Waals surface area (Å²) < 4.78 is 35.7. The van der Waals surface area contributed by atoms with Crippen LogP contribution in [0.3, 0.4) is 0 Å². The summed E-state index contributed by atoms with van der Waals surface area (Å²) in [7, 11) is 1.52. The molecule has 3 heterocycles. The van der Waals surface area contributed by atoms with Crippen molar-refractivity contribution in [3.63, 3.8) is 0 Å². The Morgan fingerprint density at radius 3 is 2.79 bits per heavy atom. The lowest BCUT2D eigenvalue weighted by molar-refractivity contribution is -0.0530. The van der Waals surface area contributed by atoms with Crippen LogP contribution < -0.4 is 15.4 Å². The molecule has 29 heavy (non-hydrogen) atoms. The summed E-state index contributed by atoms with van der Waals surface area (Å²) in [6, 6.07) is 3.88. The first-order valence-electron chi connectivity index (χ1n) is 8.21. The van der Waals surface area contributed by atoms with E-state index >= 15 is 0 Å². The summed E-state index contributed by atoms with van der Waals surface area (Å²) in [5.74, 6) is -0.530. The molecule has 0 saturated carbocycles. The third-order valence-corrected chi connectivity index (χ3v) is 3.87. The van der Waals surface area contributed by atoms with E-state index in [1.54, 1.807) is 25.3 Å². The lowest BCUT2D eigenvalue weighted by Crippen LogP contribution is -2.22. The Morgan fingerprint density at radius 1 is 1.31 bits per heavy atom. The fourth-order valence-corrected chi connectivity index (χ4v) is 2.55. The monoisotopic (exact) mass is 403 g/mol. The van der Waals surface area contributed by atoms with Gasteiger partial charge in [0.1, 0.15) is 11.6 Å². The molecule has 1 unspecified atom stereocenters. The molecule has 0 aliphatic heterocycles. The number of halogens is 2. The molecule has 0 saturated heterocycles. The van der Waals surface area contributed by atoms with Crippen LogP contribution in [0.25, 0.3) is 5.65 Å². The summed E-state index contributed by atoms with van der Waals surface area (Å²) in [4.78, 5) is 20.2. The van der Waals surface area contributed by atoms with E-state index in [2.05, 4.69) is 30.4 Å². The molecule has 2 N–H and O–H groups in total. The number of hydrogen-bond donors (Lipinski definition) is 2. The van der Waals surface area contributed by atoms with Crippen molar-refractivity contribution in [2.45, 2.75) is 19.6 Å². The molecule has 12 heteroatoms. The van der Waals surface area contributed by atoms with E-state index in [1.807, 2.05) is 0 Å². The lowest BCUT2D eigenvalue weighted by Gasteiger charge is -2.17. The molecule has 0 aromatic carbocycles. The third kappa shape index (κ3) is 4.36. The Balaban J connectivity index is 1.82. The number of nitriles is 1. The maximum absolute atomic E-state index is 12.4. The Kier molecular flexibility index (Phi) is 5.79. The number of hydrogen-bond acceptors (Lipinski definition) is 7. The molecule has 2 amide bonds. The topological polar surface area (TPSA) is 126 Å². The summed E-state index contributed by atoms with van der Waals surface area (Å²) in [6.45, 7) is -1.34. The van der Waals surface area contributed by atoms with E-state index in [4.69, 9.17) is 10.00 Å². The zero-order valence-corrected chi connectivity index (χ0v) is 15.3. The van der Waals surface area contributed by atoms with Gasteiger partial charge in [0.05, 0.1) is 41.8 Å². The van der Waals surface area contributed by atoms with Gasteiger partial charge in [-0.1, -0.05) is 0 Å². The van der Waals surface area contributed by atoms with Crippen molar-refractivity contribution in [1.82, 2.24) is 19.6 Å².